The summed E-state index contributed by atoms with van der Waals surface area (Å²) in [4.78, 5) is 17.0. The lowest BCUT2D eigenvalue weighted by Gasteiger charge is -2.07. The molecule has 2 aromatic carbocycles. The number of amides is 1. The zero-order valence-electron chi connectivity index (χ0n) is 16.9. The standard InChI is InChI=1S/C22H19ClN6O2S/c23-15-4-8-19(9-5-15)31-12-21-25-17(13-32-21)11-20(30)24-16-3-1-2-14(10-16)22-26-27-28-29(22)18-6-7-18/h1-5,8-10,13,18H,6-7,11-12H2,(H,24,30). The van der Waals surface area contributed by atoms with Gasteiger partial charge in [-0.2, -0.15) is 0 Å². The molecule has 1 amide bonds. The average molecular weight is 467 g/mol. The number of carbonyl (C=O) groups is 1. The molecule has 162 valence electrons. The van der Waals surface area contributed by atoms with Crippen molar-refractivity contribution in [3.8, 4) is 17.1 Å². The summed E-state index contributed by atoms with van der Waals surface area (Å²) in [7, 11) is 0. The zero-order chi connectivity index (χ0) is 21.9. The second-order valence-electron chi connectivity index (χ2n) is 7.46. The quantitative estimate of drug-likeness (QED) is 0.409. The first-order chi connectivity index (χ1) is 15.6. The van der Waals surface area contributed by atoms with Gasteiger partial charge < -0.3 is 10.1 Å². The van der Waals surface area contributed by atoms with Crippen LogP contribution >= 0.6 is 22.9 Å². The van der Waals surface area contributed by atoms with Crippen LogP contribution in [0.4, 0.5) is 5.69 Å². The molecule has 4 aromatic rings. The molecule has 0 aliphatic heterocycles. The molecule has 8 nitrogen and oxygen atoms in total. The molecule has 32 heavy (non-hydrogen) atoms. The highest BCUT2D eigenvalue weighted by atomic mass is 35.5. The Balaban J connectivity index is 1.18. The third-order valence-corrected chi connectivity index (χ3v) is 6.03. The summed E-state index contributed by atoms with van der Waals surface area (Å²) >= 11 is 7.35. The van der Waals surface area contributed by atoms with Crippen molar-refractivity contribution in [1.29, 1.82) is 0 Å². The monoisotopic (exact) mass is 466 g/mol. The fourth-order valence-electron chi connectivity index (χ4n) is 3.23. The van der Waals surface area contributed by atoms with Crippen LogP contribution in [0.1, 0.15) is 29.6 Å². The van der Waals surface area contributed by atoms with Gasteiger partial charge in [0, 0.05) is 21.7 Å². The van der Waals surface area contributed by atoms with E-state index in [1.807, 2.05) is 46.5 Å². The van der Waals surface area contributed by atoms with E-state index in [1.54, 1.807) is 12.1 Å². The maximum Gasteiger partial charge on any atom is 0.230 e. The molecule has 0 spiro atoms. The first-order valence-corrected chi connectivity index (χ1v) is 11.4. The van der Waals surface area contributed by atoms with Crippen molar-refractivity contribution < 1.29 is 9.53 Å². The molecule has 0 saturated heterocycles. The summed E-state index contributed by atoms with van der Waals surface area (Å²) in [6.07, 6.45) is 2.37. The lowest BCUT2D eigenvalue weighted by Crippen LogP contribution is -2.14. The summed E-state index contributed by atoms with van der Waals surface area (Å²) in [6.45, 7) is 0.339. The molecule has 1 N–H and O–H groups in total. The molecule has 0 atom stereocenters. The van der Waals surface area contributed by atoms with E-state index in [0.29, 0.717) is 34.9 Å². The number of nitrogens with one attached hydrogen (secondary N) is 1. The third kappa shape index (κ3) is 4.95. The van der Waals surface area contributed by atoms with E-state index >= 15 is 0 Å². The minimum Gasteiger partial charge on any atom is -0.486 e. The number of aromatic nitrogens is 5. The summed E-state index contributed by atoms with van der Waals surface area (Å²) in [5, 5.41) is 18.3. The van der Waals surface area contributed by atoms with Gasteiger partial charge in [-0.15, -0.1) is 16.4 Å². The Morgan fingerprint density at radius 2 is 2.06 bits per heavy atom. The van der Waals surface area contributed by atoms with Gasteiger partial charge in [0.05, 0.1) is 18.2 Å². The molecule has 0 unspecified atom stereocenters. The van der Waals surface area contributed by atoms with Gasteiger partial charge in [-0.3, -0.25) is 4.79 Å². The number of nitrogens with zero attached hydrogens (tertiary/aromatic N) is 5. The molecule has 10 heteroatoms. The normalized spacial score (nSPS) is 13.2. The van der Waals surface area contributed by atoms with Crippen molar-refractivity contribution in [2.75, 3.05) is 5.32 Å². The number of ether oxygens (including phenoxy) is 1. The lowest BCUT2D eigenvalue weighted by atomic mass is 10.2. The van der Waals surface area contributed by atoms with Crippen LogP contribution in [0, 0.1) is 0 Å². The van der Waals surface area contributed by atoms with Crippen LogP contribution in [-0.4, -0.2) is 31.1 Å². The zero-order valence-corrected chi connectivity index (χ0v) is 18.5. The predicted molar refractivity (Wildman–Crippen MR) is 122 cm³/mol. The van der Waals surface area contributed by atoms with Crippen molar-refractivity contribution in [3.05, 3.63) is 69.6 Å². The molecule has 2 aromatic heterocycles. The fraction of sp³-hybridized carbons (Fsp3) is 0.227. The summed E-state index contributed by atoms with van der Waals surface area (Å²) in [6, 6.07) is 15.1. The summed E-state index contributed by atoms with van der Waals surface area (Å²) < 4.78 is 7.56. The average Bonchev–Trinajstić information content (AvgIpc) is 3.34. The number of hydrogen-bond acceptors (Lipinski definition) is 7. The van der Waals surface area contributed by atoms with Crippen molar-refractivity contribution in [3.63, 3.8) is 0 Å². The second kappa shape index (κ2) is 9.05. The molecule has 1 saturated carbocycles. The van der Waals surface area contributed by atoms with Gasteiger partial charge in [-0.05, 0) is 59.7 Å². The van der Waals surface area contributed by atoms with E-state index in [9.17, 15) is 4.79 Å². The number of carbonyl (C=O) groups excluding carboxylic acids is 1. The van der Waals surface area contributed by atoms with Gasteiger partial charge in [0.25, 0.3) is 0 Å². The number of halogens is 1. The number of benzene rings is 2. The first kappa shape index (κ1) is 20.6. The molecular formula is C22H19ClN6O2S. The Labute approximate surface area is 193 Å². The topological polar surface area (TPSA) is 94.8 Å². The number of thiazole rings is 1. The third-order valence-electron chi connectivity index (χ3n) is 4.91. The van der Waals surface area contributed by atoms with Crippen molar-refractivity contribution in [2.45, 2.75) is 31.9 Å². The Bertz CT molecular complexity index is 1240. The van der Waals surface area contributed by atoms with E-state index in [-0.39, 0.29) is 12.3 Å². The van der Waals surface area contributed by atoms with E-state index in [2.05, 4.69) is 25.8 Å². The number of hydrogen-bond donors (Lipinski definition) is 1. The molecule has 5 rings (SSSR count). The van der Waals surface area contributed by atoms with Crippen LogP contribution in [0.5, 0.6) is 5.75 Å². The molecule has 0 bridgehead atoms. The number of anilines is 1. The number of rotatable bonds is 8. The van der Waals surface area contributed by atoms with Crippen LogP contribution in [0.25, 0.3) is 11.4 Å². The van der Waals surface area contributed by atoms with Crippen molar-refractivity contribution in [1.82, 2.24) is 25.2 Å². The Kier molecular flexibility index (Phi) is 5.83. The highest BCUT2D eigenvalue weighted by Crippen LogP contribution is 2.36. The maximum absolute atomic E-state index is 12.5. The minimum absolute atomic E-state index is 0.139. The molecule has 0 radical (unpaired) electrons. The van der Waals surface area contributed by atoms with Gasteiger partial charge >= 0.3 is 0 Å². The second-order valence-corrected chi connectivity index (χ2v) is 8.84. The lowest BCUT2D eigenvalue weighted by molar-refractivity contribution is -0.115. The van der Waals surface area contributed by atoms with Crippen LogP contribution in [0.3, 0.4) is 0 Å². The molecule has 1 aliphatic carbocycles. The van der Waals surface area contributed by atoms with Gasteiger partial charge in [0.15, 0.2) is 5.82 Å². The van der Waals surface area contributed by atoms with Crippen LogP contribution in [-0.2, 0) is 17.8 Å². The van der Waals surface area contributed by atoms with Crippen LogP contribution in [0.2, 0.25) is 5.02 Å². The Morgan fingerprint density at radius 1 is 1.22 bits per heavy atom. The maximum atomic E-state index is 12.5. The molecular weight excluding hydrogens is 448 g/mol. The molecule has 2 heterocycles. The SMILES string of the molecule is O=C(Cc1csc(COc2ccc(Cl)cc2)n1)Nc1cccc(-c2nnnn2C2CC2)c1. The van der Waals surface area contributed by atoms with Crippen LogP contribution < -0.4 is 10.1 Å². The van der Waals surface area contributed by atoms with Crippen molar-refractivity contribution in [2.24, 2.45) is 0 Å². The van der Waals surface area contributed by atoms with E-state index in [1.165, 1.54) is 11.3 Å². The molecule has 1 aliphatic rings. The Morgan fingerprint density at radius 3 is 2.88 bits per heavy atom. The fourth-order valence-corrected chi connectivity index (χ4v) is 4.06. The summed E-state index contributed by atoms with van der Waals surface area (Å²) in [5.41, 5.74) is 2.27. The largest absolute Gasteiger partial charge is 0.486 e. The Hall–Kier alpha value is -3.30. The number of tetrazole rings is 1. The predicted octanol–water partition coefficient (Wildman–Crippen LogP) is 4.55. The summed E-state index contributed by atoms with van der Waals surface area (Å²) in [5.74, 6) is 1.30. The first-order valence-electron chi connectivity index (χ1n) is 10.1. The smallest absolute Gasteiger partial charge is 0.230 e. The van der Waals surface area contributed by atoms with E-state index < -0.39 is 0 Å². The van der Waals surface area contributed by atoms with Gasteiger partial charge in [0.2, 0.25) is 5.91 Å². The van der Waals surface area contributed by atoms with Gasteiger partial charge in [-0.25, -0.2) is 9.67 Å². The minimum atomic E-state index is -0.139. The van der Waals surface area contributed by atoms with E-state index in [4.69, 9.17) is 16.3 Å². The van der Waals surface area contributed by atoms with Crippen LogP contribution in [0.15, 0.2) is 53.9 Å². The van der Waals surface area contributed by atoms with Gasteiger partial charge in [-0.1, -0.05) is 23.7 Å². The van der Waals surface area contributed by atoms with Crippen molar-refractivity contribution >= 4 is 34.5 Å². The van der Waals surface area contributed by atoms with Gasteiger partial charge in [0.1, 0.15) is 17.4 Å². The highest BCUT2D eigenvalue weighted by Gasteiger charge is 2.28. The van der Waals surface area contributed by atoms with E-state index in [0.717, 1.165) is 29.2 Å². The molecule has 1 fully saturated rings. The highest BCUT2D eigenvalue weighted by molar-refractivity contribution is 7.09.